The van der Waals surface area contributed by atoms with Gasteiger partial charge in [-0.2, -0.15) is 0 Å². The van der Waals surface area contributed by atoms with Crippen LogP contribution in [0, 0.1) is 188 Å². The van der Waals surface area contributed by atoms with Crippen LogP contribution in [0.25, 0.3) is 0 Å². The Labute approximate surface area is 434 Å². The number of aryl methyl sites for hydroxylation is 12. The molecular formula is C40H54B2N16OYb2. The van der Waals surface area contributed by atoms with Crippen LogP contribution in [0.5, 0.6) is 0 Å². The standard InChI is InChI=1S/2C15H22BN6.2C5H5N2.O.2Yb/c2*1-10-7-13(4)20(17-10)16(21-14(5)8-11(2)18-21)22-15(6)9-12(3)19-22;2*6-5-3-1-2-4-7-5;;;/h2*7-9,16H,1-6H3;2*1-4H,(H-,6,7);;;/q4*-1;-2;2*+3. The fraction of sp³-hybridized carbons (Fsp3) is 0.300. The van der Waals surface area contributed by atoms with Gasteiger partial charge in [0.15, 0.2) is 0 Å². The molecule has 2 radical (unpaired) electrons. The monoisotopic (exact) mass is 1140 g/mol. The van der Waals surface area contributed by atoms with Crippen LogP contribution in [0.3, 0.4) is 0 Å². The summed E-state index contributed by atoms with van der Waals surface area (Å²) in [4.78, 5) is 7.29. The smallest absolute Gasteiger partial charge is 2.00 e. The van der Waals surface area contributed by atoms with Gasteiger partial charge in [0.1, 0.15) is 0 Å². The van der Waals surface area contributed by atoms with E-state index in [1.54, 1.807) is 48.8 Å². The van der Waals surface area contributed by atoms with Crippen LogP contribution in [-0.2, 0) is 5.48 Å². The number of nitrogens with one attached hydrogen (secondary N) is 2. The normalized spacial score (nSPS) is 10.3. The SMILES string of the molecule is Cc1cc(C)n([BH-](n2nc(C)cc2C)n2nc(C)cc2C)n1.Cc1cc(C)n([BH-](n2nc(C)cc2C)n2nc(C)cc2C)n1.N=c1cccc[n-]1.N=c1cccc[n-]1.[O-2].[Yb+3].[Yb+3]. The van der Waals surface area contributed by atoms with Crippen LogP contribution in [0.15, 0.2) is 85.2 Å². The van der Waals surface area contributed by atoms with Gasteiger partial charge in [0, 0.05) is 0 Å². The first-order chi connectivity index (χ1) is 27.5. The molecule has 8 aromatic heterocycles. The molecule has 17 nitrogen and oxygen atoms in total. The van der Waals surface area contributed by atoms with Crippen molar-refractivity contribution in [1.29, 1.82) is 10.8 Å². The number of pyridine rings is 2. The number of rotatable bonds is 6. The summed E-state index contributed by atoms with van der Waals surface area (Å²) in [7, 11) is -2.52. The Morgan fingerprint density at radius 1 is 0.377 bits per heavy atom. The van der Waals surface area contributed by atoms with Gasteiger partial charge in [-0.3, -0.25) is 0 Å². The quantitative estimate of drug-likeness (QED) is 0.234. The minimum absolute atomic E-state index is 0. The van der Waals surface area contributed by atoms with Crippen molar-refractivity contribution in [1.82, 2.24) is 68.1 Å². The molecule has 8 heterocycles. The van der Waals surface area contributed by atoms with Crippen LogP contribution < -0.4 is 20.9 Å². The fourth-order valence-electron chi connectivity index (χ4n) is 7.25. The molecule has 0 aliphatic carbocycles. The van der Waals surface area contributed by atoms with Gasteiger partial charge in [-0.05, 0) is 154 Å². The molecule has 2 N–H and O–H groups in total. The van der Waals surface area contributed by atoms with Gasteiger partial charge in [0.25, 0.3) is 0 Å². The fourth-order valence-corrected chi connectivity index (χ4v) is 7.25. The molecule has 61 heavy (non-hydrogen) atoms. The van der Waals surface area contributed by atoms with E-state index in [1.807, 2.05) is 41.5 Å². The zero-order valence-corrected chi connectivity index (χ0v) is 40.1. The Bertz CT molecular complexity index is 2280. The summed E-state index contributed by atoms with van der Waals surface area (Å²) < 4.78 is 12.4. The number of aromatic nitrogens is 14. The molecule has 0 aliphatic rings. The molecule has 0 atom stereocenters. The van der Waals surface area contributed by atoms with Crippen molar-refractivity contribution in [2.75, 3.05) is 0 Å². The number of nitrogens with zero attached hydrogens (tertiary/aromatic N) is 14. The Kier molecular flexibility index (Phi) is 21.2. The number of hydrogen-bond donors (Lipinski definition) is 2. The Morgan fingerprint density at radius 3 is 0.672 bits per heavy atom. The minimum Gasteiger partial charge on any atom is -2.00 e. The van der Waals surface area contributed by atoms with Crippen molar-refractivity contribution in [2.45, 2.75) is 83.1 Å². The average molecular weight is 1140 g/mol. The second-order valence-electron chi connectivity index (χ2n) is 14.8. The molecule has 334 valence electrons. The molecule has 0 unspecified atom stereocenters. The minimum atomic E-state index is -1.26. The van der Waals surface area contributed by atoms with E-state index in [2.05, 4.69) is 115 Å². The van der Waals surface area contributed by atoms with Crippen molar-refractivity contribution in [3.05, 3.63) is 164 Å². The molecule has 0 aromatic carbocycles. The first-order valence-corrected chi connectivity index (χ1v) is 19.3. The largest absolute Gasteiger partial charge is 3.00 e. The third-order valence-corrected chi connectivity index (χ3v) is 9.56. The maximum Gasteiger partial charge on any atom is 3.00 e. The zero-order chi connectivity index (χ0) is 42.3. The molecule has 0 amide bonds. The molecule has 0 bridgehead atoms. The van der Waals surface area contributed by atoms with E-state index in [0.29, 0.717) is 11.0 Å². The second kappa shape index (κ2) is 24.2. The van der Waals surface area contributed by atoms with Crippen molar-refractivity contribution in [3.63, 3.8) is 0 Å². The van der Waals surface area contributed by atoms with Crippen LogP contribution >= 0.6 is 0 Å². The van der Waals surface area contributed by atoms with E-state index in [-0.39, 0.29) is 99.3 Å². The van der Waals surface area contributed by atoms with E-state index in [1.165, 1.54) is 0 Å². The van der Waals surface area contributed by atoms with Crippen LogP contribution in [-0.4, -0.2) is 72.4 Å². The van der Waals surface area contributed by atoms with E-state index in [0.717, 1.165) is 68.3 Å². The molecule has 8 rings (SSSR count). The van der Waals surface area contributed by atoms with Crippen molar-refractivity contribution >= 4 is 14.2 Å². The molecule has 0 spiro atoms. The van der Waals surface area contributed by atoms with Crippen LogP contribution in [0.1, 0.15) is 68.3 Å². The zero-order valence-electron chi connectivity index (χ0n) is 36.7. The summed E-state index contributed by atoms with van der Waals surface area (Å²) in [5.74, 6) is 0. The third kappa shape index (κ3) is 14.1. The molecule has 0 fully saturated rings. The number of hydrogen-bond acceptors (Lipinski definition) is 8. The molecule has 21 heteroatoms. The molecular weight excluding hydrogens is 1090 g/mol. The Balaban J connectivity index is 0.000000308. The first kappa shape index (κ1) is 53.4. The van der Waals surface area contributed by atoms with Crippen molar-refractivity contribution in [3.8, 4) is 0 Å². The topological polar surface area (TPSA) is 211 Å². The Morgan fingerprint density at radius 2 is 0.574 bits per heavy atom. The summed E-state index contributed by atoms with van der Waals surface area (Å²) in [5.41, 5.74) is 13.5. The third-order valence-electron chi connectivity index (χ3n) is 9.56. The van der Waals surface area contributed by atoms with E-state index in [9.17, 15) is 0 Å². The van der Waals surface area contributed by atoms with Gasteiger partial charge in [-0.15, -0.1) is 0 Å². The van der Waals surface area contributed by atoms with Gasteiger partial charge in [0.2, 0.25) is 0 Å². The molecule has 0 aliphatic heterocycles. The van der Waals surface area contributed by atoms with Gasteiger partial charge >= 0.3 is 108 Å². The summed E-state index contributed by atoms with van der Waals surface area (Å²) in [6.45, 7) is 24.6. The van der Waals surface area contributed by atoms with Gasteiger partial charge < -0.3 is 53.8 Å². The molecule has 0 saturated carbocycles. The predicted octanol–water partition coefficient (Wildman–Crippen LogP) is 3.70. The summed E-state index contributed by atoms with van der Waals surface area (Å²) >= 11 is 0. The van der Waals surface area contributed by atoms with E-state index >= 15 is 0 Å². The summed E-state index contributed by atoms with van der Waals surface area (Å²) in [6, 6.07) is 23.0. The van der Waals surface area contributed by atoms with Gasteiger partial charge in [-0.1, -0.05) is 59.8 Å². The Hall–Kier alpha value is -3.71. The average Bonchev–Trinajstić information content (AvgIpc) is 3.99. The van der Waals surface area contributed by atoms with E-state index in [4.69, 9.17) is 41.4 Å². The first-order valence-electron chi connectivity index (χ1n) is 19.3. The van der Waals surface area contributed by atoms with Gasteiger partial charge in [0.05, 0.1) is 34.2 Å². The maximum atomic E-state index is 6.88. The van der Waals surface area contributed by atoms with E-state index < -0.39 is 14.2 Å². The predicted molar refractivity (Wildman–Crippen MR) is 229 cm³/mol. The maximum absolute atomic E-state index is 6.88. The van der Waals surface area contributed by atoms with Gasteiger partial charge in [-0.25, -0.2) is 30.6 Å². The summed E-state index contributed by atoms with van der Waals surface area (Å²) in [5, 5.41) is 41.9. The second-order valence-corrected chi connectivity index (χ2v) is 14.8. The van der Waals surface area contributed by atoms with Crippen LogP contribution in [0.4, 0.5) is 0 Å². The van der Waals surface area contributed by atoms with Crippen LogP contribution in [0.2, 0.25) is 0 Å². The van der Waals surface area contributed by atoms with Crippen molar-refractivity contribution < 1.29 is 99.3 Å². The molecule has 0 saturated heterocycles. The summed E-state index contributed by atoms with van der Waals surface area (Å²) in [6.07, 6.45) is 3.20. The molecule has 8 aromatic rings. The van der Waals surface area contributed by atoms with Crippen molar-refractivity contribution in [2.24, 2.45) is 0 Å².